The Morgan fingerprint density at radius 1 is 1.23 bits per heavy atom. The molecule has 1 fully saturated rings. The molecule has 138 valence electrons. The maximum absolute atomic E-state index is 12.4. The molecule has 0 N–H and O–H groups in total. The van der Waals surface area contributed by atoms with Crippen LogP contribution in [-0.4, -0.2) is 47.3 Å². The molecule has 0 unspecified atom stereocenters. The molecular weight excluding hydrogens is 334 g/mol. The first-order valence-electron chi connectivity index (χ1n) is 8.78. The smallest absolute Gasteiger partial charge is 0.418 e. The minimum atomic E-state index is -0.734. The molecule has 1 aliphatic rings. The van der Waals surface area contributed by atoms with Gasteiger partial charge in [-0.1, -0.05) is 43.2 Å². The fourth-order valence-corrected chi connectivity index (χ4v) is 2.83. The van der Waals surface area contributed by atoms with Crippen LogP contribution in [0.15, 0.2) is 30.3 Å². The number of unbranched alkanes of at least 4 members (excludes halogenated alkanes) is 4. The highest BCUT2D eigenvalue weighted by Crippen LogP contribution is 2.18. The summed E-state index contributed by atoms with van der Waals surface area (Å²) in [7, 11) is 0. The Morgan fingerprint density at radius 2 is 1.96 bits per heavy atom. The van der Waals surface area contributed by atoms with E-state index in [2.05, 4.69) is 6.07 Å². The summed E-state index contributed by atoms with van der Waals surface area (Å²) in [5.74, 6) is 0. The Bertz CT molecular complexity index is 656. The van der Waals surface area contributed by atoms with Crippen LogP contribution in [0.2, 0.25) is 0 Å². The Balaban J connectivity index is 1.82. The van der Waals surface area contributed by atoms with E-state index in [9.17, 15) is 14.4 Å². The number of hydrogen-bond acceptors (Lipinski definition) is 5. The molecule has 0 aliphatic carbocycles. The van der Waals surface area contributed by atoms with Crippen molar-refractivity contribution in [3.63, 3.8) is 0 Å². The second-order valence-corrected chi connectivity index (χ2v) is 6.15. The van der Waals surface area contributed by atoms with Crippen LogP contribution in [-0.2, 0) is 16.1 Å². The second kappa shape index (κ2) is 10.2. The van der Waals surface area contributed by atoms with E-state index in [0.29, 0.717) is 19.3 Å². The summed E-state index contributed by atoms with van der Waals surface area (Å²) >= 11 is 0. The molecule has 1 atom stereocenters. The van der Waals surface area contributed by atoms with Gasteiger partial charge < -0.3 is 14.4 Å². The lowest BCUT2D eigenvalue weighted by Crippen LogP contribution is -2.38. The zero-order chi connectivity index (χ0) is 18.8. The van der Waals surface area contributed by atoms with Gasteiger partial charge in [0.25, 0.3) is 0 Å². The van der Waals surface area contributed by atoms with Crippen LogP contribution in [0.1, 0.15) is 37.7 Å². The van der Waals surface area contributed by atoms with Crippen molar-refractivity contribution in [3.8, 4) is 6.07 Å². The number of nitrogens with zero attached hydrogens (tertiary/aromatic N) is 3. The number of amides is 3. The van der Waals surface area contributed by atoms with Crippen molar-refractivity contribution < 1.29 is 19.1 Å². The molecular formula is C19H23N3O4. The molecule has 3 amide bonds. The average Bonchev–Trinajstić information content (AvgIpc) is 2.99. The van der Waals surface area contributed by atoms with Gasteiger partial charge >= 0.3 is 12.1 Å². The average molecular weight is 357 g/mol. The molecule has 0 spiro atoms. The number of aldehydes is 1. The van der Waals surface area contributed by atoms with Crippen LogP contribution in [0, 0.1) is 11.3 Å². The van der Waals surface area contributed by atoms with Crippen LogP contribution in [0.5, 0.6) is 0 Å². The third-order valence-electron chi connectivity index (χ3n) is 4.27. The molecule has 26 heavy (non-hydrogen) atoms. The van der Waals surface area contributed by atoms with Crippen LogP contribution in [0.3, 0.4) is 0 Å². The summed E-state index contributed by atoms with van der Waals surface area (Å²) in [6.45, 7) is 0.510. The first-order valence-corrected chi connectivity index (χ1v) is 8.78. The van der Waals surface area contributed by atoms with Crippen molar-refractivity contribution in [1.29, 1.82) is 5.26 Å². The van der Waals surface area contributed by atoms with Gasteiger partial charge in [-0.2, -0.15) is 5.26 Å². The number of carbonyl (C=O) groups excluding carboxylic acids is 3. The summed E-state index contributed by atoms with van der Waals surface area (Å²) in [5, 5.41) is 8.50. The van der Waals surface area contributed by atoms with Crippen molar-refractivity contribution in [2.45, 2.75) is 44.8 Å². The highest BCUT2D eigenvalue weighted by molar-refractivity contribution is 5.95. The van der Waals surface area contributed by atoms with E-state index in [4.69, 9.17) is 10.00 Å². The number of carbonyl (C=O) groups is 3. The summed E-state index contributed by atoms with van der Waals surface area (Å²) in [6, 6.07) is 10.2. The van der Waals surface area contributed by atoms with E-state index in [0.717, 1.165) is 36.1 Å². The molecule has 1 heterocycles. The molecule has 1 aromatic rings. The maximum Gasteiger partial charge on any atom is 0.418 e. The lowest BCUT2D eigenvalue weighted by molar-refractivity contribution is -0.110. The Kier molecular flexibility index (Phi) is 7.62. The molecule has 0 radical (unpaired) electrons. The van der Waals surface area contributed by atoms with Crippen molar-refractivity contribution in [2.75, 3.05) is 13.1 Å². The highest BCUT2D eigenvalue weighted by atomic mass is 16.6. The van der Waals surface area contributed by atoms with Crippen LogP contribution < -0.4 is 0 Å². The Hall–Kier alpha value is -2.88. The third kappa shape index (κ3) is 5.31. The topological polar surface area (TPSA) is 90.7 Å². The second-order valence-electron chi connectivity index (χ2n) is 6.15. The Labute approximate surface area is 153 Å². The molecule has 2 rings (SSSR count). The van der Waals surface area contributed by atoms with Crippen molar-refractivity contribution in [1.82, 2.24) is 9.80 Å². The lowest BCUT2D eigenvalue weighted by Gasteiger charge is -2.19. The fraction of sp³-hybridized carbons (Fsp3) is 0.474. The highest BCUT2D eigenvalue weighted by Gasteiger charge is 2.40. The number of urea groups is 1. The van der Waals surface area contributed by atoms with Gasteiger partial charge in [0, 0.05) is 13.0 Å². The van der Waals surface area contributed by atoms with E-state index in [1.807, 2.05) is 30.3 Å². The molecule has 7 nitrogen and oxygen atoms in total. The number of rotatable bonds is 9. The summed E-state index contributed by atoms with van der Waals surface area (Å²) in [5.41, 5.74) is 0.827. The first-order chi connectivity index (χ1) is 12.7. The molecule has 0 aromatic heterocycles. The zero-order valence-electron chi connectivity index (χ0n) is 14.7. The van der Waals surface area contributed by atoms with Gasteiger partial charge in [-0.3, -0.25) is 0 Å². The fourth-order valence-electron chi connectivity index (χ4n) is 2.83. The number of benzene rings is 1. The summed E-state index contributed by atoms with van der Waals surface area (Å²) in [6.07, 6.45) is 3.83. The summed E-state index contributed by atoms with van der Waals surface area (Å²) in [4.78, 5) is 38.3. The standard InChI is InChI=1S/C19H23N3O4/c20-11-7-2-1-3-8-12-21-17(14-23)13-22(18(21)24)19(25)26-15-16-9-5-4-6-10-16/h4-6,9-10,14,17H,1-3,7-8,12-13,15H2/t17-/m1/s1. The largest absolute Gasteiger partial charge is 0.444 e. The molecule has 1 aromatic carbocycles. The minimum absolute atomic E-state index is 0.0182. The number of imide groups is 1. The van der Waals surface area contributed by atoms with Crippen molar-refractivity contribution >= 4 is 18.4 Å². The van der Waals surface area contributed by atoms with E-state index >= 15 is 0 Å². The van der Waals surface area contributed by atoms with Crippen LogP contribution >= 0.6 is 0 Å². The first kappa shape index (κ1) is 19.4. The van der Waals surface area contributed by atoms with Gasteiger partial charge in [-0.25, -0.2) is 14.5 Å². The van der Waals surface area contributed by atoms with Crippen LogP contribution in [0.25, 0.3) is 0 Å². The van der Waals surface area contributed by atoms with Crippen molar-refractivity contribution in [3.05, 3.63) is 35.9 Å². The van der Waals surface area contributed by atoms with Gasteiger partial charge in [-0.05, 0) is 18.4 Å². The molecule has 1 aliphatic heterocycles. The van der Waals surface area contributed by atoms with Gasteiger partial charge in [0.2, 0.25) is 0 Å². The number of nitriles is 1. The van der Waals surface area contributed by atoms with E-state index < -0.39 is 18.2 Å². The lowest BCUT2D eigenvalue weighted by atomic mass is 10.1. The third-order valence-corrected chi connectivity index (χ3v) is 4.27. The molecule has 7 heteroatoms. The van der Waals surface area contributed by atoms with Crippen LogP contribution in [0.4, 0.5) is 9.59 Å². The predicted molar refractivity (Wildman–Crippen MR) is 94.0 cm³/mol. The predicted octanol–water partition coefficient (Wildman–Crippen LogP) is 3.10. The Morgan fingerprint density at radius 3 is 2.65 bits per heavy atom. The molecule has 1 saturated heterocycles. The quantitative estimate of drug-likeness (QED) is 0.500. The van der Waals surface area contributed by atoms with Gasteiger partial charge in [0.15, 0.2) is 0 Å². The van der Waals surface area contributed by atoms with Gasteiger partial charge in [-0.15, -0.1) is 0 Å². The minimum Gasteiger partial charge on any atom is -0.444 e. The van der Waals surface area contributed by atoms with E-state index in [-0.39, 0.29) is 13.2 Å². The summed E-state index contributed by atoms with van der Waals surface area (Å²) < 4.78 is 5.19. The molecule has 0 saturated carbocycles. The van der Waals surface area contributed by atoms with Gasteiger partial charge in [0.1, 0.15) is 18.9 Å². The SMILES string of the molecule is N#CCCCCCCN1C(=O)N(C(=O)OCc2ccccc2)C[C@@H]1C=O. The molecule has 0 bridgehead atoms. The monoisotopic (exact) mass is 357 g/mol. The normalized spacial score (nSPS) is 16.4. The van der Waals surface area contributed by atoms with Crippen molar-refractivity contribution in [2.24, 2.45) is 0 Å². The van der Waals surface area contributed by atoms with E-state index in [1.165, 1.54) is 4.90 Å². The van der Waals surface area contributed by atoms with Gasteiger partial charge in [0.05, 0.1) is 12.6 Å². The number of hydrogen-bond donors (Lipinski definition) is 0. The number of ether oxygens (including phenoxy) is 1. The van der Waals surface area contributed by atoms with E-state index in [1.54, 1.807) is 0 Å². The zero-order valence-corrected chi connectivity index (χ0v) is 14.7. The maximum atomic E-state index is 12.4.